The van der Waals surface area contributed by atoms with E-state index in [1.54, 1.807) is 29.9 Å². The van der Waals surface area contributed by atoms with Crippen molar-refractivity contribution in [2.24, 2.45) is 7.05 Å². The van der Waals surface area contributed by atoms with Gasteiger partial charge in [-0.05, 0) is 31.2 Å². The number of hydrogen-bond donors (Lipinski definition) is 1. The van der Waals surface area contributed by atoms with Crippen LogP contribution in [0.2, 0.25) is 0 Å². The molecule has 0 aliphatic carbocycles. The Kier molecular flexibility index (Phi) is 5.13. The molecule has 3 rings (SSSR count). The first-order valence-electron chi connectivity index (χ1n) is 8.40. The molecular formula is C20H17F3N2O3. The number of aryl methyl sites for hydroxylation is 1. The standard InChI is InChI=1S/C20H17F3N2O3/c1-12(18(26)24-14-7-5-6-13(10-14)20(21,22)23)28-19(27)16-11-25(2)17-9-4-3-8-15(16)17/h3-12H,1-2H3,(H,24,26)/t12-/m1/s1. The molecule has 0 spiro atoms. The van der Waals surface area contributed by atoms with Gasteiger partial charge in [0.2, 0.25) is 0 Å². The molecule has 5 nitrogen and oxygen atoms in total. The van der Waals surface area contributed by atoms with Gasteiger partial charge < -0.3 is 14.6 Å². The number of benzene rings is 2. The number of ether oxygens (including phenoxy) is 1. The number of nitrogens with one attached hydrogen (secondary N) is 1. The van der Waals surface area contributed by atoms with Gasteiger partial charge in [0.1, 0.15) is 0 Å². The number of anilines is 1. The number of hydrogen-bond acceptors (Lipinski definition) is 3. The van der Waals surface area contributed by atoms with Crippen LogP contribution in [0.15, 0.2) is 54.7 Å². The Morgan fingerprint density at radius 1 is 1.11 bits per heavy atom. The molecule has 0 aliphatic rings. The van der Waals surface area contributed by atoms with Crippen molar-refractivity contribution in [1.29, 1.82) is 0 Å². The van der Waals surface area contributed by atoms with Crippen molar-refractivity contribution in [3.8, 4) is 0 Å². The first kappa shape index (κ1) is 19.5. The topological polar surface area (TPSA) is 60.3 Å². The zero-order chi connectivity index (χ0) is 20.5. The number of rotatable bonds is 4. The van der Waals surface area contributed by atoms with Crippen LogP contribution in [0, 0.1) is 0 Å². The number of nitrogens with zero attached hydrogens (tertiary/aromatic N) is 1. The van der Waals surface area contributed by atoms with Crippen LogP contribution >= 0.6 is 0 Å². The number of aromatic nitrogens is 1. The van der Waals surface area contributed by atoms with Gasteiger partial charge in [-0.25, -0.2) is 4.79 Å². The lowest BCUT2D eigenvalue weighted by molar-refractivity contribution is -0.137. The van der Waals surface area contributed by atoms with Gasteiger partial charge in [-0.15, -0.1) is 0 Å². The lowest BCUT2D eigenvalue weighted by Gasteiger charge is -2.14. The lowest BCUT2D eigenvalue weighted by atomic mass is 10.2. The van der Waals surface area contributed by atoms with E-state index in [0.717, 1.165) is 17.6 Å². The fourth-order valence-electron chi connectivity index (χ4n) is 2.80. The molecule has 1 N–H and O–H groups in total. The van der Waals surface area contributed by atoms with Gasteiger partial charge in [-0.3, -0.25) is 4.79 Å². The number of carbonyl (C=O) groups is 2. The maximum absolute atomic E-state index is 12.8. The summed E-state index contributed by atoms with van der Waals surface area (Å²) in [7, 11) is 1.78. The van der Waals surface area contributed by atoms with Crippen molar-refractivity contribution in [1.82, 2.24) is 4.57 Å². The zero-order valence-electron chi connectivity index (χ0n) is 15.1. The largest absolute Gasteiger partial charge is 0.449 e. The molecule has 1 atom stereocenters. The second kappa shape index (κ2) is 7.38. The van der Waals surface area contributed by atoms with Gasteiger partial charge in [0.15, 0.2) is 6.10 Å². The first-order chi connectivity index (χ1) is 13.2. The third-order valence-corrected chi connectivity index (χ3v) is 4.23. The smallest absolute Gasteiger partial charge is 0.416 e. The van der Waals surface area contributed by atoms with E-state index in [4.69, 9.17) is 4.74 Å². The minimum absolute atomic E-state index is 0.0344. The molecule has 0 bridgehead atoms. The second-order valence-electron chi connectivity index (χ2n) is 6.29. The molecule has 0 fully saturated rings. The third kappa shape index (κ3) is 4.00. The minimum Gasteiger partial charge on any atom is -0.449 e. The van der Waals surface area contributed by atoms with Gasteiger partial charge >= 0.3 is 12.1 Å². The maximum Gasteiger partial charge on any atom is 0.416 e. The highest BCUT2D eigenvalue weighted by Gasteiger charge is 2.30. The highest BCUT2D eigenvalue weighted by molar-refractivity contribution is 6.05. The maximum atomic E-state index is 12.8. The molecule has 1 aromatic heterocycles. The summed E-state index contributed by atoms with van der Waals surface area (Å²) >= 11 is 0. The van der Waals surface area contributed by atoms with Crippen LogP contribution in [0.1, 0.15) is 22.8 Å². The molecule has 0 saturated carbocycles. The van der Waals surface area contributed by atoms with Crippen LogP contribution in [0.25, 0.3) is 10.9 Å². The SMILES string of the molecule is C[C@@H](OC(=O)c1cn(C)c2ccccc12)C(=O)Nc1cccc(C(F)(F)F)c1. The summed E-state index contributed by atoms with van der Waals surface area (Å²) in [5, 5.41) is 3.01. The fraction of sp³-hybridized carbons (Fsp3) is 0.200. The van der Waals surface area contributed by atoms with E-state index in [2.05, 4.69) is 5.32 Å². The van der Waals surface area contributed by atoms with E-state index in [1.165, 1.54) is 19.1 Å². The molecule has 0 unspecified atom stereocenters. The van der Waals surface area contributed by atoms with E-state index in [1.807, 2.05) is 12.1 Å². The van der Waals surface area contributed by atoms with E-state index in [-0.39, 0.29) is 5.69 Å². The lowest BCUT2D eigenvalue weighted by Crippen LogP contribution is -2.30. The minimum atomic E-state index is -4.52. The summed E-state index contributed by atoms with van der Waals surface area (Å²) in [6, 6.07) is 11.5. The number of fused-ring (bicyclic) bond motifs is 1. The predicted molar refractivity (Wildman–Crippen MR) is 97.9 cm³/mol. The number of halogens is 3. The van der Waals surface area contributed by atoms with E-state index >= 15 is 0 Å². The van der Waals surface area contributed by atoms with Gasteiger partial charge in [0.05, 0.1) is 11.1 Å². The Balaban J connectivity index is 1.71. The Labute approximate surface area is 158 Å². The molecule has 0 radical (unpaired) electrons. The molecule has 146 valence electrons. The molecule has 1 amide bonds. The van der Waals surface area contributed by atoms with Crippen LogP contribution in [-0.2, 0) is 22.8 Å². The highest BCUT2D eigenvalue weighted by Crippen LogP contribution is 2.30. The van der Waals surface area contributed by atoms with Gasteiger partial charge in [-0.2, -0.15) is 13.2 Å². The average Bonchev–Trinajstić information content (AvgIpc) is 2.98. The highest BCUT2D eigenvalue weighted by atomic mass is 19.4. The van der Waals surface area contributed by atoms with Crippen LogP contribution < -0.4 is 5.32 Å². The Hall–Kier alpha value is -3.29. The molecule has 0 aliphatic heterocycles. The van der Waals surface area contributed by atoms with Crippen LogP contribution in [0.5, 0.6) is 0 Å². The van der Waals surface area contributed by atoms with Crippen molar-refractivity contribution in [2.75, 3.05) is 5.32 Å². The quantitative estimate of drug-likeness (QED) is 0.673. The number of esters is 1. The van der Waals surface area contributed by atoms with Crippen molar-refractivity contribution in [3.05, 3.63) is 65.9 Å². The summed E-state index contributed by atoms with van der Waals surface area (Å²) in [5.74, 6) is -1.42. The molecule has 3 aromatic rings. The molecule has 2 aromatic carbocycles. The normalized spacial score (nSPS) is 12.6. The molecule has 28 heavy (non-hydrogen) atoms. The van der Waals surface area contributed by atoms with Crippen molar-refractivity contribution < 1.29 is 27.5 Å². The van der Waals surface area contributed by atoms with E-state index in [0.29, 0.717) is 10.9 Å². The van der Waals surface area contributed by atoms with Crippen molar-refractivity contribution in [3.63, 3.8) is 0 Å². The zero-order valence-corrected chi connectivity index (χ0v) is 15.1. The summed E-state index contributed by atoms with van der Waals surface area (Å²) in [4.78, 5) is 24.7. The van der Waals surface area contributed by atoms with Crippen LogP contribution in [0.3, 0.4) is 0 Å². The second-order valence-corrected chi connectivity index (χ2v) is 6.29. The Morgan fingerprint density at radius 3 is 2.54 bits per heavy atom. The van der Waals surface area contributed by atoms with Gasteiger partial charge in [0.25, 0.3) is 5.91 Å². The van der Waals surface area contributed by atoms with Crippen molar-refractivity contribution >= 4 is 28.5 Å². The number of carbonyl (C=O) groups excluding carboxylic acids is 2. The first-order valence-corrected chi connectivity index (χ1v) is 8.40. The average molecular weight is 390 g/mol. The Morgan fingerprint density at radius 2 is 1.82 bits per heavy atom. The summed E-state index contributed by atoms with van der Waals surface area (Å²) in [6.07, 6.45) is -4.11. The molecule has 0 saturated heterocycles. The summed E-state index contributed by atoms with van der Waals surface area (Å²) in [6.45, 7) is 1.35. The van der Waals surface area contributed by atoms with Crippen LogP contribution in [-0.4, -0.2) is 22.5 Å². The fourth-order valence-corrected chi connectivity index (χ4v) is 2.80. The van der Waals surface area contributed by atoms with Gasteiger partial charge in [0, 0.05) is 29.8 Å². The summed E-state index contributed by atoms with van der Waals surface area (Å²) in [5.41, 5.74) is 0.214. The number of amides is 1. The molecule has 1 heterocycles. The monoisotopic (exact) mass is 390 g/mol. The molecule has 8 heteroatoms. The van der Waals surface area contributed by atoms with Gasteiger partial charge in [-0.1, -0.05) is 24.3 Å². The molecular weight excluding hydrogens is 373 g/mol. The summed E-state index contributed by atoms with van der Waals surface area (Å²) < 4.78 is 45.3. The Bertz CT molecular complexity index is 1040. The van der Waals surface area contributed by atoms with Crippen LogP contribution in [0.4, 0.5) is 18.9 Å². The van der Waals surface area contributed by atoms with Crippen molar-refractivity contribution in [2.45, 2.75) is 19.2 Å². The van der Waals surface area contributed by atoms with E-state index < -0.39 is 29.7 Å². The van der Waals surface area contributed by atoms with E-state index in [9.17, 15) is 22.8 Å². The number of para-hydroxylation sites is 1. The number of alkyl halides is 3. The third-order valence-electron chi connectivity index (χ3n) is 4.23. The predicted octanol–water partition coefficient (Wildman–Crippen LogP) is 4.38.